The third-order valence-corrected chi connectivity index (χ3v) is 2.56. The van der Waals surface area contributed by atoms with Crippen LogP contribution in [-0.4, -0.2) is 7.11 Å². The number of anilines is 1. The molecule has 0 heterocycles. The van der Waals surface area contributed by atoms with Crippen LogP contribution in [0.1, 0.15) is 18.4 Å². The molecule has 0 spiro atoms. The molecule has 1 aliphatic carbocycles. The minimum Gasteiger partial charge on any atom is -0.497 e. The fourth-order valence-electron chi connectivity index (χ4n) is 1.52. The monoisotopic (exact) mass is 177 g/mol. The lowest BCUT2D eigenvalue weighted by molar-refractivity contribution is 0.414. The van der Waals surface area contributed by atoms with Gasteiger partial charge in [-0.25, -0.2) is 0 Å². The number of benzene rings is 1. The minimum atomic E-state index is 0.870. The average Bonchev–Trinajstić information content (AvgIpc) is 2.93. The lowest BCUT2D eigenvalue weighted by atomic mass is 10.1. The van der Waals surface area contributed by atoms with Crippen molar-refractivity contribution < 1.29 is 4.74 Å². The predicted molar refractivity (Wildman–Crippen MR) is 53.8 cm³/mol. The molecule has 2 nitrogen and oxygen atoms in total. The van der Waals surface area contributed by atoms with Crippen LogP contribution in [0, 0.1) is 5.92 Å². The maximum atomic E-state index is 5.86. The summed E-state index contributed by atoms with van der Waals surface area (Å²) in [6.07, 6.45) is 3.83. The highest BCUT2D eigenvalue weighted by Gasteiger charge is 2.22. The summed E-state index contributed by atoms with van der Waals surface area (Å²) >= 11 is 0. The van der Waals surface area contributed by atoms with Crippen molar-refractivity contribution in [2.45, 2.75) is 19.3 Å². The summed E-state index contributed by atoms with van der Waals surface area (Å²) in [6.45, 7) is 0. The van der Waals surface area contributed by atoms with E-state index in [0.29, 0.717) is 0 Å². The van der Waals surface area contributed by atoms with E-state index in [4.69, 9.17) is 10.5 Å². The van der Waals surface area contributed by atoms with E-state index in [0.717, 1.165) is 23.8 Å². The second kappa shape index (κ2) is 3.29. The van der Waals surface area contributed by atoms with Crippen LogP contribution < -0.4 is 10.5 Å². The van der Waals surface area contributed by atoms with Crippen LogP contribution in [0.2, 0.25) is 0 Å². The molecule has 1 aromatic rings. The average molecular weight is 177 g/mol. The van der Waals surface area contributed by atoms with E-state index in [-0.39, 0.29) is 0 Å². The first-order valence-electron chi connectivity index (χ1n) is 4.72. The Morgan fingerprint density at radius 1 is 1.46 bits per heavy atom. The van der Waals surface area contributed by atoms with Crippen molar-refractivity contribution in [3.8, 4) is 5.75 Å². The number of nitrogen functional groups attached to an aromatic ring is 1. The van der Waals surface area contributed by atoms with E-state index in [1.54, 1.807) is 7.11 Å². The van der Waals surface area contributed by atoms with Gasteiger partial charge in [0.15, 0.2) is 0 Å². The van der Waals surface area contributed by atoms with Gasteiger partial charge in [0.05, 0.1) is 7.11 Å². The molecule has 0 radical (unpaired) electrons. The van der Waals surface area contributed by atoms with Gasteiger partial charge in [0.1, 0.15) is 5.75 Å². The maximum absolute atomic E-state index is 5.86. The molecule has 1 saturated carbocycles. The summed E-state index contributed by atoms with van der Waals surface area (Å²) in [5.41, 5.74) is 8.00. The van der Waals surface area contributed by atoms with Crippen molar-refractivity contribution in [3.63, 3.8) is 0 Å². The van der Waals surface area contributed by atoms with Crippen molar-refractivity contribution >= 4 is 5.69 Å². The third kappa shape index (κ3) is 1.94. The first-order valence-corrected chi connectivity index (χ1v) is 4.72. The van der Waals surface area contributed by atoms with Gasteiger partial charge in [0.2, 0.25) is 0 Å². The largest absolute Gasteiger partial charge is 0.497 e. The Morgan fingerprint density at radius 3 is 2.85 bits per heavy atom. The van der Waals surface area contributed by atoms with E-state index < -0.39 is 0 Å². The molecule has 0 aromatic heterocycles. The van der Waals surface area contributed by atoms with Gasteiger partial charge < -0.3 is 10.5 Å². The molecular weight excluding hydrogens is 162 g/mol. The van der Waals surface area contributed by atoms with Crippen LogP contribution in [0.4, 0.5) is 5.69 Å². The summed E-state index contributed by atoms with van der Waals surface area (Å²) < 4.78 is 5.16. The summed E-state index contributed by atoms with van der Waals surface area (Å²) in [7, 11) is 1.69. The SMILES string of the molecule is COc1ccc(N)c(CC2CC2)c1. The third-order valence-electron chi connectivity index (χ3n) is 2.56. The van der Waals surface area contributed by atoms with Crippen molar-refractivity contribution in [3.05, 3.63) is 23.8 Å². The van der Waals surface area contributed by atoms with Gasteiger partial charge in [-0.1, -0.05) is 0 Å². The molecule has 0 aliphatic heterocycles. The van der Waals surface area contributed by atoms with Crippen LogP contribution in [0.5, 0.6) is 5.75 Å². The quantitative estimate of drug-likeness (QED) is 0.718. The molecular formula is C11H15NO. The van der Waals surface area contributed by atoms with Crippen LogP contribution >= 0.6 is 0 Å². The van der Waals surface area contributed by atoms with Gasteiger partial charge in [-0.15, -0.1) is 0 Å². The van der Waals surface area contributed by atoms with Crippen LogP contribution in [0.25, 0.3) is 0 Å². The molecule has 1 aromatic carbocycles. The van der Waals surface area contributed by atoms with Crippen molar-refractivity contribution in [1.82, 2.24) is 0 Å². The standard InChI is InChI=1S/C11H15NO/c1-13-10-4-5-11(12)9(7-10)6-8-2-3-8/h4-5,7-8H,2-3,6,12H2,1H3. The molecule has 0 unspecified atom stereocenters. The van der Waals surface area contributed by atoms with E-state index >= 15 is 0 Å². The molecule has 0 amide bonds. The van der Waals surface area contributed by atoms with E-state index in [9.17, 15) is 0 Å². The number of ether oxygens (including phenoxy) is 1. The molecule has 2 N–H and O–H groups in total. The fourth-order valence-corrected chi connectivity index (χ4v) is 1.52. The molecule has 1 fully saturated rings. The second-order valence-corrected chi connectivity index (χ2v) is 3.71. The molecule has 13 heavy (non-hydrogen) atoms. The smallest absolute Gasteiger partial charge is 0.119 e. The van der Waals surface area contributed by atoms with E-state index in [1.165, 1.54) is 18.4 Å². The van der Waals surface area contributed by atoms with Gasteiger partial charge in [0.25, 0.3) is 0 Å². The number of nitrogens with two attached hydrogens (primary N) is 1. The number of rotatable bonds is 3. The van der Waals surface area contributed by atoms with Gasteiger partial charge in [0, 0.05) is 5.69 Å². The Morgan fingerprint density at radius 2 is 2.23 bits per heavy atom. The Kier molecular flexibility index (Phi) is 2.13. The number of methoxy groups -OCH3 is 1. The molecule has 0 saturated heterocycles. The lowest BCUT2D eigenvalue weighted by Gasteiger charge is -2.06. The zero-order valence-corrected chi connectivity index (χ0v) is 7.92. The van der Waals surface area contributed by atoms with Crippen molar-refractivity contribution in [2.24, 2.45) is 5.92 Å². The van der Waals surface area contributed by atoms with Crippen LogP contribution in [-0.2, 0) is 6.42 Å². The normalized spacial score (nSPS) is 15.8. The number of hydrogen-bond acceptors (Lipinski definition) is 2. The Balaban J connectivity index is 2.19. The van der Waals surface area contributed by atoms with Crippen molar-refractivity contribution in [2.75, 3.05) is 12.8 Å². The summed E-state index contributed by atoms with van der Waals surface area (Å²) in [5, 5.41) is 0. The van der Waals surface area contributed by atoms with Gasteiger partial charge >= 0.3 is 0 Å². The maximum Gasteiger partial charge on any atom is 0.119 e. The van der Waals surface area contributed by atoms with Gasteiger partial charge in [-0.2, -0.15) is 0 Å². The second-order valence-electron chi connectivity index (χ2n) is 3.71. The molecule has 0 bridgehead atoms. The van der Waals surface area contributed by atoms with Crippen molar-refractivity contribution in [1.29, 1.82) is 0 Å². The highest BCUT2D eigenvalue weighted by molar-refractivity contribution is 5.50. The van der Waals surface area contributed by atoms with Crippen LogP contribution in [0.3, 0.4) is 0 Å². The Bertz CT molecular complexity index is 305. The first-order chi connectivity index (χ1) is 6.29. The van der Waals surface area contributed by atoms with Crippen LogP contribution in [0.15, 0.2) is 18.2 Å². The molecule has 70 valence electrons. The highest BCUT2D eigenvalue weighted by Crippen LogP contribution is 2.34. The Hall–Kier alpha value is -1.18. The van der Waals surface area contributed by atoms with E-state index in [2.05, 4.69) is 0 Å². The predicted octanol–water partition coefficient (Wildman–Crippen LogP) is 2.23. The molecule has 1 aliphatic rings. The highest BCUT2D eigenvalue weighted by atomic mass is 16.5. The zero-order valence-electron chi connectivity index (χ0n) is 7.92. The Labute approximate surface area is 78.7 Å². The van der Waals surface area contributed by atoms with Gasteiger partial charge in [-0.05, 0) is 48.9 Å². The zero-order chi connectivity index (χ0) is 9.26. The molecule has 2 heteroatoms. The summed E-state index contributed by atoms with van der Waals surface area (Å²) in [6, 6.07) is 5.88. The van der Waals surface area contributed by atoms with E-state index in [1.807, 2.05) is 18.2 Å². The number of hydrogen-bond donors (Lipinski definition) is 1. The topological polar surface area (TPSA) is 35.2 Å². The lowest BCUT2D eigenvalue weighted by Crippen LogP contribution is -1.96. The summed E-state index contributed by atoms with van der Waals surface area (Å²) in [5.74, 6) is 1.78. The minimum absolute atomic E-state index is 0.870. The first kappa shape index (κ1) is 8.42. The molecule has 2 rings (SSSR count). The fraction of sp³-hybridized carbons (Fsp3) is 0.455. The molecule has 0 atom stereocenters. The summed E-state index contributed by atoms with van der Waals surface area (Å²) in [4.78, 5) is 0. The van der Waals surface area contributed by atoms with Gasteiger partial charge in [-0.3, -0.25) is 0 Å².